The summed E-state index contributed by atoms with van der Waals surface area (Å²) in [5.41, 5.74) is 1.59. The van der Waals surface area contributed by atoms with Gasteiger partial charge in [-0.15, -0.1) is 0 Å². The Morgan fingerprint density at radius 2 is 2.04 bits per heavy atom. The maximum atomic E-state index is 14.0. The predicted molar refractivity (Wildman–Crippen MR) is 95.1 cm³/mol. The molecule has 5 heteroatoms. The zero-order valence-electron chi connectivity index (χ0n) is 15.0. The molecular weight excluding hydrogens is 305 g/mol. The van der Waals surface area contributed by atoms with Crippen molar-refractivity contribution in [2.24, 2.45) is 7.05 Å². The van der Waals surface area contributed by atoms with Crippen LogP contribution in [-0.2, 0) is 13.6 Å². The molecular formula is C19H28FN3O. The predicted octanol–water partition coefficient (Wildman–Crippen LogP) is 3.65. The van der Waals surface area contributed by atoms with E-state index < -0.39 is 5.60 Å². The van der Waals surface area contributed by atoms with E-state index in [4.69, 9.17) is 0 Å². The molecule has 2 N–H and O–H groups in total. The summed E-state index contributed by atoms with van der Waals surface area (Å²) in [6.45, 7) is 6.44. The van der Waals surface area contributed by atoms with Crippen LogP contribution >= 0.6 is 0 Å². The number of nitrogens with zero attached hydrogens (tertiary/aromatic N) is 2. The Hall–Kier alpha value is -1.72. The summed E-state index contributed by atoms with van der Waals surface area (Å²) >= 11 is 0. The molecule has 0 aliphatic rings. The highest BCUT2D eigenvalue weighted by Crippen LogP contribution is 2.24. The summed E-state index contributed by atoms with van der Waals surface area (Å²) in [7, 11) is 1.85. The molecule has 0 aliphatic carbocycles. The first-order chi connectivity index (χ1) is 11.3. The molecule has 4 nitrogen and oxygen atoms in total. The highest BCUT2D eigenvalue weighted by atomic mass is 19.1. The fourth-order valence-electron chi connectivity index (χ4n) is 2.77. The van der Waals surface area contributed by atoms with Crippen molar-refractivity contribution in [3.05, 3.63) is 41.8 Å². The second-order valence-corrected chi connectivity index (χ2v) is 7.14. The first-order valence-electron chi connectivity index (χ1n) is 8.49. The van der Waals surface area contributed by atoms with Crippen molar-refractivity contribution in [3.63, 3.8) is 0 Å². The SMILES string of the molecule is C[C@H](CCCC(C)(C)O)NCc1cn(C)nc1-c1ccccc1F. The van der Waals surface area contributed by atoms with Crippen molar-refractivity contribution in [1.29, 1.82) is 0 Å². The lowest BCUT2D eigenvalue weighted by molar-refractivity contribution is 0.0675. The summed E-state index contributed by atoms with van der Waals surface area (Å²) < 4.78 is 15.8. The number of aryl methyl sites for hydroxylation is 1. The molecule has 1 aromatic heterocycles. The molecule has 2 aromatic rings. The van der Waals surface area contributed by atoms with Gasteiger partial charge in [-0.05, 0) is 52.2 Å². The Bertz CT molecular complexity index is 661. The molecule has 1 heterocycles. The molecule has 0 unspecified atom stereocenters. The smallest absolute Gasteiger partial charge is 0.132 e. The molecule has 0 fully saturated rings. The summed E-state index contributed by atoms with van der Waals surface area (Å²) in [5.74, 6) is -0.254. The third-order valence-corrected chi connectivity index (χ3v) is 4.10. The zero-order chi connectivity index (χ0) is 17.7. The largest absolute Gasteiger partial charge is 0.390 e. The van der Waals surface area contributed by atoms with Crippen LogP contribution in [0.5, 0.6) is 0 Å². The van der Waals surface area contributed by atoms with Crippen molar-refractivity contribution in [2.75, 3.05) is 0 Å². The van der Waals surface area contributed by atoms with Gasteiger partial charge in [0.1, 0.15) is 5.82 Å². The van der Waals surface area contributed by atoms with Gasteiger partial charge in [0.25, 0.3) is 0 Å². The summed E-state index contributed by atoms with van der Waals surface area (Å²) in [4.78, 5) is 0. The van der Waals surface area contributed by atoms with E-state index in [1.165, 1.54) is 6.07 Å². The topological polar surface area (TPSA) is 50.1 Å². The van der Waals surface area contributed by atoms with Gasteiger partial charge < -0.3 is 10.4 Å². The first-order valence-corrected chi connectivity index (χ1v) is 8.49. The third kappa shape index (κ3) is 5.42. The van der Waals surface area contributed by atoms with E-state index in [-0.39, 0.29) is 5.82 Å². The first kappa shape index (κ1) is 18.6. The number of halogens is 1. The number of aliphatic hydroxyl groups is 1. The van der Waals surface area contributed by atoms with Crippen molar-refractivity contribution < 1.29 is 9.50 Å². The summed E-state index contributed by atoms with van der Waals surface area (Å²) in [6.07, 6.45) is 4.66. The lowest BCUT2D eigenvalue weighted by atomic mass is 9.99. The van der Waals surface area contributed by atoms with Crippen LogP contribution < -0.4 is 5.32 Å². The van der Waals surface area contributed by atoms with Gasteiger partial charge in [-0.1, -0.05) is 12.1 Å². The molecule has 24 heavy (non-hydrogen) atoms. The molecule has 0 saturated carbocycles. The van der Waals surface area contributed by atoms with Crippen LogP contribution in [0.3, 0.4) is 0 Å². The van der Waals surface area contributed by atoms with Crippen LogP contribution in [-0.4, -0.2) is 26.5 Å². The Labute approximate surface area is 143 Å². The Morgan fingerprint density at radius 3 is 2.71 bits per heavy atom. The lowest BCUT2D eigenvalue weighted by Gasteiger charge is -2.19. The minimum Gasteiger partial charge on any atom is -0.390 e. The van der Waals surface area contributed by atoms with Gasteiger partial charge in [0.05, 0.1) is 11.3 Å². The number of hydrogen-bond donors (Lipinski definition) is 2. The second-order valence-electron chi connectivity index (χ2n) is 7.14. The number of hydrogen-bond acceptors (Lipinski definition) is 3. The summed E-state index contributed by atoms with van der Waals surface area (Å²) in [6, 6.07) is 7.04. The van der Waals surface area contributed by atoms with Crippen LogP contribution in [0.1, 0.15) is 45.6 Å². The number of nitrogens with one attached hydrogen (secondary N) is 1. The van der Waals surface area contributed by atoms with Crippen LogP contribution in [0.2, 0.25) is 0 Å². The van der Waals surface area contributed by atoms with Gasteiger partial charge >= 0.3 is 0 Å². The molecule has 1 atom stereocenters. The number of rotatable bonds is 8. The zero-order valence-corrected chi connectivity index (χ0v) is 15.0. The van der Waals surface area contributed by atoms with Gasteiger partial charge in [-0.2, -0.15) is 5.10 Å². The van der Waals surface area contributed by atoms with Crippen molar-refractivity contribution in [1.82, 2.24) is 15.1 Å². The highest BCUT2D eigenvalue weighted by Gasteiger charge is 2.15. The minimum absolute atomic E-state index is 0.254. The quantitative estimate of drug-likeness (QED) is 0.775. The molecule has 0 aliphatic heterocycles. The third-order valence-electron chi connectivity index (χ3n) is 4.10. The Kier molecular flexibility index (Phi) is 6.13. The van der Waals surface area contributed by atoms with Crippen molar-refractivity contribution >= 4 is 0 Å². The number of benzene rings is 1. The molecule has 0 bridgehead atoms. The van der Waals surface area contributed by atoms with E-state index in [1.54, 1.807) is 16.8 Å². The van der Waals surface area contributed by atoms with Crippen molar-refractivity contribution in [3.8, 4) is 11.3 Å². The van der Waals surface area contributed by atoms with E-state index in [2.05, 4.69) is 17.3 Å². The Balaban J connectivity index is 1.97. The summed E-state index contributed by atoms with van der Waals surface area (Å²) in [5, 5.41) is 17.7. The van der Waals surface area contributed by atoms with Crippen LogP contribution in [0.25, 0.3) is 11.3 Å². The fourth-order valence-corrected chi connectivity index (χ4v) is 2.77. The maximum Gasteiger partial charge on any atom is 0.132 e. The van der Waals surface area contributed by atoms with E-state index in [9.17, 15) is 9.50 Å². The highest BCUT2D eigenvalue weighted by molar-refractivity contribution is 5.63. The van der Waals surface area contributed by atoms with Crippen LogP contribution in [0.15, 0.2) is 30.5 Å². The fraction of sp³-hybridized carbons (Fsp3) is 0.526. The van der Waals surface area contributed by atoms with E-state index >= 15 is 0 Å². The van der Waals surface area contributed by atoms with Gasteiger partial charge in [-0.3, -0.25) is 4.68 Å². The van der Waals surface area contributed by atoms with Gasteiger partial charge in [-0.25, -0.2) is 4.39 Å². The standard InChI is InChI=1S/C19H28FN3O/c1-14(8-7-11-19(2,3)24)21-12-15-13-23(4)22-18(15)16-9-5-6-10-17(16)20/h5-6,9-10,13-14,21,24H,7-8,11-12H2,1-4H3/t14-/m1/s1. The number of aromatic nitrogens is 2. The molecule has 132 valence electrons. The normalized spacial score (nSPS) is 13.2. The van der Waals surface area contributed by atoms with E-state index in [0.29, 0.717) is 23.8 Å². The molecule has 2 rings (SSSR count). The maximum absolute atomic E-state index is 14.0. The van der Waals surface area contributed by atoms with Gasteiger partial charge in [0.2, 0.25) is 0 Å². The average molecular weight is 333 g/mol. The average Bonchev–Trinajstić information content (AvgIpc) is 2.85. The monoisotopic (exact) mass is 333 g/mol. The molecule has 0 amide bonds. The lowest BCUT2D eigenvalue weighted by Crippen LogP contribution is -2.26. The van der Waals surface area contributed by atoms with Crippen LogP contribution in [0.4, 0.5) is 4.39 Å². The van der Waals surface area contributed by atoms with Crippen molar-refractivity contribution in [2.45, 2.75) is 58.2 Å². The second kappa shape index (κ2) is 7.90. The Morgan fingerprint density at radius 1 is 1.33 bits per heavy atom. The molecule has 1 aromatic carbocycles. The molecule has 0 radical (unpaired) electrons. The van der Waals surface area contributed by atoms with Crippen LogP contribution in [0, 0.1) is 5.82 Å². The molecule has 0 saturated heterocycles. The van der Waals surface area contributed by atoms with E-state index in [1.807, 2.05) is 33.2 Å². The van der Waals surface area contributed by atoms with Gasteiger partial charge in [0, 0.05) is 37.0 Å². The van der Waals surface area contributed by atoms with Gasteiger partial charge in [0.15, 0.2) is 0 Å². The van der Waals surface area contributed by atoms with E-state index in [0.717, 1.165) is 24.8 Å². The molecule has 0 spiro atoms. The minimum atomic E-state index is -0.610.